The molecule has 2 aromatic rings. The smallest absolute Gasteiger partial charge is 0.292 e. The summed E-state index contributed by atoms with van der Waals surface area (Å²) in [6.45, 7) is 19.3. The van der Waals surface area contributed by atoms with Gasteiger partial charge in [0.05, 0.1) is 18.2 Å². The summed E-state index contributed by atoms with van der Waals surface area (Å²) in [5.74, 6) is -0.428. The number of hydrogen-bond donors (Lipinski definition) is 0. The highest BCUT2D eigenvalue weighted by atomic mass is 16.1. The van der Waals surface area contributed by atoms with Gasteiger partial charge in [-0.2, -0.15) is 5.26 Å². The van der Waals surface area contributed by atoms with Crippen molar-refractivity contribution in [2.45, 2.75) is 32.7 Å². The molecule has 0 aromatic heterocycles. The predicted molar refractivity (Wildman–Crippen MR) is 160 cm³/mol. The van der Waals surface area contributed by atoms with Crippen LogP contribution in [-0.4, -0.2) is 17.6 Å². The summed E-state index contributed by atoms with van der Waals surface area (Å²) in [7, 11) is 0. The lowest BCUT2D eigenvalue weighted by Crippen LogP contribution is -2.16. The van der Waals surface area contributed by atoms with Gasteiger partial charge in [0.2, 0.25) is 0 Å². The van der Waals surface area contributed by atoms with Crippen molar-refractivity contribution in [3.05, 3.63) is 152 Å². The van der Waals surface area contributed by atoms with Crippen molar-refractivity contribution in [1.82, 2.24) is 0 Å². The molecule has 0 saturated carbocycles. The lowest BCUT2D eigenvalue weighted by atomic mass is 9.75. The van der Waals surface area contributed by atoms with E-state index >= 15 is 0 Å². The fraction of sp³-hybridized carbons (Fsp3) is 0.167. The van der Waals surface area contributed by atoms with Crippen molar-refractivity contribution in [1.29, 1.82) is 10.5 Å². The molecule has 200 valence electrons. The topological polar surface area (TPSA) is 90.4 Å². The van der Waals surface area contributed by atoms with E-state index in [4.69, 9.17) is 13.1 Å². The van der Waals surface area contributed by atoms with Gasteiger partial charge in [0.25, 0.3) is 5.70 Å². The zero-order valence-corrected chi connectivity index (χ0v) is 23.1. The highest BCUT2D eigenvalue weighted by molar-refractivity contribution is 6.27. The summed E-state index contributed by atoms with van der Waals surface area (Å²) in [4.78, 5) is 33.4. The van der Waals surface area contributed by atoms with E-state index in [0.717, 1.165) is 24.0 Å². The van der Waals surface area contributed by atoms with Crippen LogP contribution in [0.5, 0.6) is 0 Å². The van der Waals surface area contributed by atoms with Crippen molar-refractivity contribution < 1.29 is 9.59 Å². The van der Waals surface area contributed by atoms with Crippen molar-refractivity contribution in [2.75, 3.05) is 0 Å². The molecule has 0 heterocycles. The average Bonchev–Trinajstić information content (AvgIpc) is 3.42. The molecule has 6 heteroatoms. The Morgan fingerprint density at radius 2 is 1.55 bits per heavy atom. The molecule has 1 unspecified atom stereocenters. The Kier molecular flexibility index (Phi) is 7.25. The van der Waals surface area contributed by atoms with Crippen LogP contribution in [0.4, 0.5) is 0 Å². The standard InChI is InChI=1S/C36H24N4O2/c1-36(2)18-22(13-15-28-32(30(20-37)39-3)24-9-5-7-11-26(24)34(28)41)17-23(19-36)14-16-29-33(31(21-38)40-4)25-10-6-8-12-27(25)35(29)42/h5-17,30H,18-19H2,1-2H3/b15-13+,23-14-,29-16-,33-31+. The summed E-state index contributed by atoms with van der Waals surface area (Å²) in [5.41, 5.74) is 5.29. The fourth-order valence-electron chi connectivity index (χ4n) is 5.90. The summed E-state index contributed by atoms with van der Waals surface area (Å²) in [5, 5.41) is 19.2. The van der Waals surface area contributed by atoms with Gasteiger partial charge in [-0.15, -0.1) is 0 Å². The maximum absolute atomic E-state index is 13.3. The van der Waals surface area contributed by atoms with Gasteiger partial charge in [0.15, 0.2) is 17.6 Å². The molecule has 0 radical (unpaired) electrons. The number of allylic oxidation sites excluding steroid dienone is 11. The Bertz CT molecular complexity index is 1900. The minimum atomic E-state index is -1.08. The minimum Gasteiger partial charge on any atom is -0.292 e. The van der Waals surface area contributed by atoms with Crippen LogP contribution in [0.3, 0.4) is 0 Å². The van der Waals surface area contributed by atoms with Gasteiger partial charge in [0, 0.05) is 27.8 Å². The first-order valence-corrected chi connectivity index (χ1v) is 13.3. The number of benzene rings is 2. The largest absolute Gasteiger partial charge is 0.333 e. The maximum atomic E-state index is 13.3. The van der Waals surface area contributed by atoms with Crippen LogP contribution >= 0.6 is 0 Å². The quantitative estimate of drug-likeness (QED) is 0.225. The summed E-state index contributed by atoms with van der Waals surface area (Å²) < 4.78 is 0. The van der Waals surface area contributed by atoms with Gasteiger partial charge in [-0.3, -0.25) is 14.4 Å². The van der Waals surface area contributed by atoms with Gasteiger partial charge < -0.3 is 0 Å². The van der Waals surface area contributed by atoms with Crippen LogP contribution in [0.25, 0.3) is 20.8 Å². The molecule has 6 nitrogen and oxygen atoms in total. The van der Waals surface area contributed by atoms with E-state index in [2.05, 4.69) is 23.5 Å². The second kappa shape index (κ2) is 11.0. The molecular formula is C36H24N4O2. The molecule has 0 bridgehead atoms. The first kappa shape index (κ1) is 27.7. The normalized spacial score (nSPS) is 20.9. The SMILES string of the molecule is [C-]#[N+]/C(C#N)=C1/C(=C/C=C2C=C(/C=C/C3=C(C(C#N)[N+]#[C-])c4ccccc4C3=O)CC(C)(C)C/2)C(=O)c2ccccc21. The molecule has 3 aliphatic rings. The average molecular weight is 545 g/mol. The van der Waals surface area contributed by atoms with E-state index < -0.39 is 6.04 Å². The Hall–Kier alpha value is -5.82. The molecule has 0 amide bonds. The second-order valence-electron chi connectivity index (χ2n) is 11.1. The van der Waals surface area contributed by atoms with Gasteiger partial charge in [-0.25, -0.2) is 16.7 Å². The second-order valence-corrected chi connectivity index (χ2v) is 11.1. The number of carbonyl (C=O) groups is 2. The minimum absolute atomic E-state index is 0.123. The summed E-state index contributed by atoms with van der Waals surface area (Å²) in [6.07, 6.45) is 10.6. The van der Waals surface area contributed by atoms with Crippen molar-refractivity contribution in [3.63, 3.8) is 0 Å². The van der Waals surface area contributed by atoms with Gasteiger partial charge in [-0.1, -0.05) is 92.8 Å². The predicted octanol–water partition coefficient (Wildman–Crippen LogP) is 7.65. The molecule has 2 aromatic carbocycles. The van der Waals surface area contributed by atoms with E-state index in [1.165, 1.54) is 0 Å². The van der Waals surface area contributed by atoms with Crippen molar-refractivity contribution in [2.24, 2.45) is 5.41 Å². The maximum Gasteiger partial charge on any atom is 0.333 e. The number of Topliss-reactive ketones (excluding diaryl/α,β-unsaturated/α-hetero) is 2. The third kappa shape index (κ3) is 4.84. The number of rotatable bonds is 4. The highest BCUT2D eigenvalue weighted by Crippen LogP contribution is 2.42. The number of ketones is 2. The molecule has 1 atom stereocenters. The van der Waals surface area contributed by atoms with Gasteiger partial charge >= 0.3 is 6.04 Å². The van der Waals surface area contributed by atoms with Crippen LogP contribution in [0.15, 0.2) is 107 Å². The van der Waals surface area contributed by atoms with Crippen LogP contribution in [0, 0.1) is 41.2 Å². The highest BCUT2D eigenvalue weighted by Gasteiger charge is 2.36. The van der Waals surface area contributed by atoms with E-state index in [1.807, 2.05) is 30.4 Å². The zero-order valence-electron chi connectivity index (χ0n) is 23.1. The van der Waals surface area contributed by atoms with Crippen LogP contribution < -0.4 is 0 Å². The molecule has 0 N–H and O–H groups in total. The Morgan fingerprint density at radius 3 is 2.17 bits per heavy atom. The Morgan fingerprint density at radius 1 is 0.905 bits per heavy atom. The van der Waals surface area contributed by atoms with Crippen LogP contribution in [0.1, 0.15) is 58.5 Å². The molecule has 42 heavy (non-hydrogen) atoms. The van der Waals surface area contributed by atoms with E-state index in [0.29, 0.717) is 44.5 Å². The van der Waals surface area contributed by atoms with Crippen molar-refractivity contribution >= 4 is 22.7 Å². The van der Waals surface area contributed by atoms with Gasteiger partial charge in [0.1, 0.15) is 0 Å². The van der Waals surface area contributed by atoms with E-state index in [-0.39, 0.29) is 22.7 Å². The number of nitriles is 2. The molecule has 0 aliphatic heterocycles. The lowest BCUT2D eigenvalue weighted by Gasteiger charge is -2.30. The summed E-state index contributed by atoms with van der Waals surface area (Å²) in [6, 6.07) is 16.9. The number of carbonyl (C=O) groups excluding carboxylic acids is 2. The fourth-order valence-corrected chi connectivity index (χ4v) is 5.90. The number of fused-ring (bicyclic) bond motifs is 2. The van der Waals surface area contributed by atoms with E-state index in [1.54, 1.807) is 60.7 Å². The first-order chi connectivity index (χ1) is 20.2. The third-order valence-electron chi connectivity index (χ3n) is 7.60. The van der Waals surface area contributed by atoms with Crippen LogP contribution in [-0.2, 0) is 0 Å². The third-order valence-corrected chi connectivity index (χ3v) is 7.60. The monoisotopic (exact) mass is 544 g/mol. The van der Waals surface area contributed by atoms with E-state index in [9.17, 15) is 20.1 Å². The molecule has 0 spiro atoms. The number of hydrogen-bond acceptors (Lipinski definition) is 4. The molecular weight excluding hydrogens is 520 g/mol. The Balaban J connectivity index is 1.56. The van der Waals surface area contributed by atoms with Crippen LogP contribution in [0.2, 0.25) is 0 Å². The molecule has 0 fully saturated rings. The summed E-state index contributed by atoms with van der Waals surface area (Å²) >= 11 is 0. The molecule has 3 aliphatic carbocycles. The van der Waals surface area contributed by atoms with Gasteiger partial charge in [-0.05, 0) is 40.5 Å². The van der Waals surface area contributed by atoms with Crippen molar-refractivity contribution in [3.8, 4) is 12.1 Å². The molecule has 5 rings (SSSR count). The zero-order chi connectivity index (χ0) is 30.0. The first-order valence-electron chi connectivity index (χ1n) is 13.3. The number of nitrogens with zero attached hydrogens (tertiary/aromatic N) is 4. The Labute approximate surface area is 244 Å². The molecule has 0 saturated heterocycles. The lowest BCUT2D eigenvalue weighted by molar-refractivity contribution is 0.103.